The van der Waals surface area contributed by atoms with Gasteiger partial charge in [0.05, 0.1) is 18.3 Å². The second kappa shape index (κ2) is 7.40. The van der Waals surface area contributed by atoms with Gasteiger partial charge >= 0.3 is 0 Å². The molecular weight excluding hydrogens is 350 g/mol. The van der Waals surface area contributed by atoms with Crippen molar-refractivity contribution in [1.29, 1.82) is 0 Å². The predicted octanol–water partition coefficient (Wildman–Crippen LogP) is 2.92. The molecule has 0 spiro atoms. The molecule has 0 radical (unpaired) electrons. The van der Waals surface area contributed by atoms with E-state index in [4.69, 9.17) is 4.74 Å². The average Bonchev–Trinajstić information content (AvgIpc) is 3.11. The maximum atomic E-state index is 13.3. The van der Waals surface area contributed by atoms with Crippen LogP contribution in [0.4, 0.5) is 0 Å². The van der Waals surface area contributed by atoms with Gasteiger partial charge in [0.25, 0.3) is 0 Å². The van der Waals surface area contributed by atoms with Crippen LogP contribution in [-0.4, -0.2) is 42.5 Å². The van der Waals surface area contributed by atoms with E-state index in [1.165, 1.54) is 0 Å². The molecule has 1 aromatic heterocycles. The van der Waals surface area contributed by atoms with Crippen molar-refractivity contribution in [1.82, 2.24) is 13.9 Å². The molecule has 0 saturated carbocycles. The Bertz CT molecular complexity index is 876. The van der Waals surface area contributed by atoms with Crippen molar-refractivity contribution in [2.75, 3.05) is 20.2 Å². The molecule has 1 aliphatic heterocycles. The number of ether oxygens (including phenoxy) is 1. The van der Waals surface area contributed by atoms with Gasteiger partial charge in [-0.3, -0.25) is 0 Å². The van der Waals surface area contributed by atoms with E-state index in [1.54, 1.807) is 30.0 Å². The van der Waals surface area contributed by atoms with Gasteiger partial charge in [0, 0.05) is 32.0 Å². The molecule has 1 atom stereocenters. The van der Waals surface area contributed by atoms with Crippen LogP contribution in [0.3, 0.4) is 0 Å². The van der Waals surface area contributed by atoms with Crippen molar-refractivity contribution in [2.45, 2.75) is 45.1 Å². The van der Waals surface area contributed by atoms with Crippen molar-refractivity contribution >= 4 is 10.0 Å². The molecule has 0 N–H and O–H groups in total. The first-order chi connectivity index (χ1) is 12.3. The molecule has 7 heteroatoms. The Labute approximate surface area is 155 Å². The Balaban J connectivity index is 1.88. The Morgan fingerprint density at radius 2 is 2.04 bits per heavy atom. The van der Waals surface area contributed by atoms with E-state index < -0.39 is 10.0 Å². The molecule has 142 valence electrons. The summed E-state index contributed by atoms with van der Waals surface area (Å²) in [6.45, 7) is 7.58. The second-order valence-electron chi connectivity index (χ2n) is 7.11. The van der Waals surface area contributed by atoms with E-state index in [0.29, 0.717) is 23.9 Å². The summed E-state index contributed by atoms with van der Waals surface area (Å²) in [7, 11) is -1.90. The zero-order valence-corrected chi connectivity index (χ0v) is 16.7. The summed E-state index contributed by atoms with van der Waals surface area (Å²) in [6, 6.07) is 1.75. The number of piperidine rings is 1. The number of sulfonamides is 1. The average molecular weight is 378 g/mol. The smallest absolute Gasteiger partial charge is 0.243 e. The maximum Gasteiger partial charge on any atom is 0.243 e. The number of benzene rings is 1. The largest absolute Gasteiger partial charge is 0.496 e. The van der Waals surface area contributed by atoms with Gasteiger partial charge < -0.3 is 9.30 Å². The van der Waals surface area contributed by atoms with Crippen LogP contribution in [0, 0.1) is 26.7 Å². The fourth-order valence-electron chi connectivity index (χ4n) is 3.83. The number of hydrogen-bond acceptors (Lipinski definition) is 4. The van der Waals surface area contributed by atoms with Crippen LogP contribution in [0.5, 0.6) is 5.75 Å². The van der Waals surface area contributed by atoms with Crippen LogP contribution < -0.4 is 4.74 Å². The predicted molar refractivity (Wildman–Crippen MR) is 101 cm³/mol. The molecule has 1 saturated heterocycles. The lowest BCUT2D eigenvalue weighted by atomic mass is 10.00. The molecule has 2 heterocycles. The van der Waals surface area contributed by atoms with E-state index in [-0.39, 0.29) is 0 Å². The zero-order chi connectivity index (χ0) is 18.9. The molecule has 1 unspecified atom stereocenters. The summed E-state index contributed by atoms with van der Waals surface area (Å²) in [4.78, 5) is 4.47. The first kappa shape index (κ1) is 18.9. The van der Waals surface area contributed by atoms with Gasteiger partial charge in [-0.25, -0.2) is 13.4 Å². The minimum atomic E-state index is -3.52. The minimum Gasteiger partial charge on any atom is -0.496 e. The van der Waals surface area contributed by atoms with Gasteiger partial charge in [-0.2, -0.15) is 4.31 Å². The molecule has 2 aromatic rings. The van der Waals surface area contributed by atoms with Crippen LogP contribution >= 0.6 is 0 Å². The molecule has 0 amide bonds. The Morgan fingerprint density at radius 3 is 2.69 bits per heavy atom. The van der Waals surface area contributed by atoms with Gasteiger partial charge in [-0.05, 0) is 62.3 Å². The van der Waals surface area contributed by atoms with Crippen molar-refractivity contribution in [3.05, 3.63) is 41.5 Å². The Hall–Kier alpha value is -1.86. The molecule has 1 fully saturated rings. The number of nitrogens with zero attached hydrogens (tertiary/aromatic N) is 3. The second-order valence-corrected chi connectivity index (χ2v) is 9.01. The van der Waals surface area contributed by atoms with Crippen LogP contribution in [0.25, 0.3) is 0 Å². The van der Waals surface area contributed by atoms with E-state index in [2.05, 4.69) is 4.98 Å². The summed E-state index contributed by atoms with van der Waals surface area (Å²) in [5.41, 5.74) is 2.50. The third-order valence-electron chi connectivity index (χ3n) is 5.31. The number of imidazole rings is 1. The lowest BCUT2D eigenvalue weighted by Gasteiger charge is -2.32. The highest BCUT2D eigenvalue weighted by Gasteiger charge is 2.32. The third kappa shape index (κ3) is 3.50. The lowest BCUT2D eigenvalue weighted by molar-refractivity contribution is 0.245. The highest BCUT2D eigenvalue weighted by molar-refractivity contribution is 7.89. The van der Waals surface area contributed by atoms with Crippen LogP contribution in [-0.2, 0) is 16.6 Å². The number of methoxy groups -OCH3 is 1. The van der Waals surface area contributed by atoms with Gasteiger partial charge in [0.2, 0.25) is 10.0 Å². The van der Waals surface area contributed by atoms with E-state index in [0.717, 1.165) is 41.8 Å². The normalized spacial score (nSPS) is 18.8. The summed E-state index contributed by atoms with van der Waals surface area (Å²) < 4.78 is 35.7. The number of rotatable bonds is 5. The summed E-state index contributed by atoms with van der Waals surface area (Å²) in [5, 5.41) is 0. The first-order valence-electron chi connectivity index (χ1n) is 8.95. The first-order valence-corrected chi connectivity index (χ1v) is 10.4. The number of hydrogen-bond donors (Lipinski definition) is 0. The highest BCUT2D eigenvalue weighted by Crippen LogP contribution is 2.33. The quantitative estimate of drug-likeness (QED) is 0.804. The SMILES string of the molecule is COc1c(C)cc(S(=O)(=O)N2CCCC(Cn3ccnc3)C2)c(C)c1C. The van der Waals surface area contributed by atoms with Crippen molar-refractivity contribution in [3.63, 3.8) is 0 Å². The molecule has 1 aliphatic rings. The number of aromatic nitrogens is 2. The van der Waals surface area contributed by atoms with Crippen molar-refractivity contribution < 1.29 is 13.2 Å². The monoisotopic (exact) mass is 377 g/mol. The molecule has 1 aromatic carbocycles. The van der Waals surface area contributed by atoms with Gasteiger partial charge in [-0.1, -0.05) is 0 Å². The number of aryl methyl sites for hydroxylation is 1. The molecule has 0 aliphatic carbocycles. The summed E-state index contributed by atoms with van der Waals surface area (Å²) in [5.74, 6) is 1.06. The maximum absolute atomic E-state index is 13.3. The van der Waals surface area contributed by atoms with E-state index >= 15 is 0 Å². The zero-order valence-electron chi connectivity index (χ0n) is 15.9. The lowest BCUT2D eigenvalue weighted by Crippen LogP contribution is -2.41. The fraction of sp³-hybridized carbons (Fsp3) is 0.526. The Morgan fingerprint density at radius 1 is 1.27 bits per heavy atom. The molecular formula is C19H27N3O3S. The molecule has 0 bridgehead atoms. The summed E-state index contributed by atoms with van der Waals surface area (Å²) >= 11 is 0. The molecule has 3 rings (SSSR count). The minimum absolute atomic E-state index is 0.300. The van der Waals surface area contributed by atoms with Gasteiger partial charge in [-0.15, -0.1) is 0 Å². The van der Waals surface area contributed by atoms with Crippen LogP contribution in [0.2, 0.25) is 0 Å². The van der Waals surface area contributed by atoms with Crippen LogP contribution in [0.1, 0.15) is 29.5 Å². The third-order valence-corrected chi connectivity index (χ3v) is 7.30. The van der Waals surface area contributed by atoms with Crippen LogP contribution in [0.15, 0.2) is 29.7 Å². The van der Waals surface area contributed by atoms with E-state index in [1.807, 2.05) is 31.5 Å². The molecule has 6 nitrogen and oxygen atoms in total. The highest BCUT2D eigenvalue weighted by atomic mass is 32.2. The topological polar surface area (TPSA) is 64.4 Å². The standard InChI is InChI=1S/C19H27N3O3S/c1-14-10-18(15(2)16(3)19(14)25-4)26(23,24)22-8-5-6-17(12-22)11-21-9-7-20-13-21/h7,9-10,13,17H,5-6,8,11-12H2,1-4H3. The fourth-order valence-corrected chi connectivity index (χ4v) is 5.75. The van der Waals surface area contributed by atoms with Crippen molar-refractivity contribution in [2.24, 2.45) is 5.92 Å². The van der Waals surface area contributed by atoms with Crippen molar-refractivity contribution in [3.8, 4) is 5.75 Å². The van der Waals surface area contributed by atoms with E-state index in [9.17, 15) is 8.42 Å². The van der Waals surface area contributed by atoms with Gasteiger partial charge in [0.1, 0.15) is 5.75 Å². The Kier molecular flexibility index (Phi) is 5.39. The molecule has 26 heavy (non-hydrogen) atoms. The van der Waals surface area contributed by atoms with Gasteiger partial charge in [0.15, 0.2) is 0 Å². The summed E-state index contributed by atoms with van der Waals surface area (Å²) in [6.07, 6.45) is 7.38.